The summed E-state index contributed by atoms with van der Waals surface area (Å²) >= 11 is 0. The van der Waals surface area contributed by atoms with Gasteiger partial charge in [-0.25, -0.2) is 9.69 Å². The summed E-state index contributed by atoms with van der Waals surface area (Å²) in [5.41, 5.74) is 4.20. The average Bonchev–Trinajstić information content (AvgIpc) is 3.48. The largest absolute Gasteiger partial charge is 0.497 e. The molecule has 1 fully saturated rings. The van der Waals surface area contributed by atoms with E-state index in [0.717, 1.165) is 32.6 Å². The first-order valence-electron chi connectivity index (χ1n) is 13.3. The minimum Gasteiger partial charge on any atom is -0.497 e. The second kappa shape index (κ2) is 10.5. The van der Waals surface area contributed by atoms with Gasteiger partial charge in [0.2, 0.25) is 0 Å². The molecule has 0 spiro atoms. The second-order valence-corrected chi connectivity index (χ2v) is 9.94. The Labute approximate surface area is 231 Å². The number of para-hydroxylation sites is 2. The van der Waals surface area contributed by atoms with Crippen LogP contribution in [0, 0.1) is 0 Å². The summed E-state index contributed by atoms with van der Waals surface area (Å²) in [6.45, 7) is 0.930. The first kappa shape index (κ1) is 25.6. The van der Waals surface area contributed by atoms with Crippen molar-refractivity contribution in [1.82, 2.24) is 15.2 Å². The number of anilines is 1. The topological polar surface area (TPSA) is 104 Å². The van der Waals surface area contributed by atoms with Gasteiger partial charge in [-0.05, 0) is 47.9 Å². The molecule has 0 aliphatic carbocycles. The van der Waals surface area contributed by atoms with Crippen molar-refractivity contribution in [1.29, 1.82) is 0 Å². The van der Waals surface area contributed by atoms with Gasteiger partial charge in [0.15, 0.2) is 0 Å². The minimum absolute atomic E-state index is 0.267. The lowest BCUT2D eigenvalue weighted by molar-refractivity contribution is -0.120. The average molecular weight is 539 g/mol. The van der Waals surface area contributed by atoms with E-state index in [2.05, 4.69) is 10.3 Å². The van der Waals surface area contributed by atoms with E-state index in [-0.39, 0.29) is 23.1 Å². The molecular formula is C31H30N4O5. The van der Waals surface area contributed by atoms with Crippen LogP contribution in [-0.4, -0.2) is 61.1 Å². The Bertz CT molecular complexity index is 1610. The third-order valence-corrected chi connectivity index (χ3v) is 7.66. The maximum atomic E-state index is 14.2. The van der Waals surface area contributed by atoms with Crippen molar-refractivity contribution in [3.05, 3.63) is 95.2 Å². The smallest absolute Gasteiger partial charge is 0.332 e. The van der Waals surface area contributed by atoms with Crippen LogP contribution in [0.2, 0.25) is 0 Å². The van der Waals surface area contributed by atoms with Gasteiger partial charge < -0.3 is 19.8 Å². The molecule has 0 saturated carbocycles. The summed E-state index contributed by atoms with van der Waals surface area (Å²) in [7, 11) is 3.20. The predicted octanol–water partition coefficient (Wildman–Crippen LogP) is 4.43. The van der Waals surface area contributed by atoms with Gasteiger partial charge in [0.05, 0.1) is 18.4 Å². The van der Waals surface area contributed by atoms with Crippen LogP contribution in [0.1, 0.15) is 39.6 Å². The summed E-state index contributed by atoms with van der Waals surface area (Å²) in [4.78, 5) is 47.8. The molecule has 2 unspecified atom stereocenters. The Hall–Kier alpha value is -4.63. The number of nitrogens with one attached hydrogen (secondary N) is 2. The first-order chi connectivity index (χ1) is 19.5. The van der Waals surface area contributed by atoms with Crippen molar-refractivity contribution in [2.45, 2.75) is 24.9 Å². The van der Waals surface area contributed by atoms with Crippen LogP contribution in [0.5, 0.6) is 5.75 Å². The number of aromatic amines is 1. The van der Waals surface area contributed by atoms with Crippen LogP contribution < -0.4 is 15.0 Å². The number of rotatable bonds is 8. The van der Waals surface area contributed by atoms with Gasteiger partial charge in [-0.2, -0.15) is 0 Å². The number of nitrogens with zero attached hydrogens (tertiary/aromatic N) is 2. The summed E-state index contributed by atoms with van der Waals surface area (Å²) < 4.78 is 10.5. The fraction of sp³-hybridized carbons (Fsp3) is 0.258. The van der Waals surface area contributed by atoms with E-state index in [9.17, 15) is 14.4 Å². The molecule has 3 heterocycles. The number of ether oxygens (including phenoxy) is 2. The Balaban J connectivity index is 1.43. The standard InChI is InChI=1S/C31H30N4O5/c1-39-16-8-15-32-29(36)22-12-4-6-14-25(22)35-30(37)26-18-23-21-11-3-5-13-24(21)33-27(23)28(34(26)31(35)38)19-9-7-10-20(17-19)40-2/h3-7,9-14,17,26,28,33H,8,15-16,18H2,1-2H3,(H,32,36). The molecule has 204 valence electrons. The lowest BCUT2D eigenvalue weighted by Crippen LogP contribution is -2.44. The number of imide groups is 1. The van der Waals surface area contributed by atoms with Crippen LogP contribution in [-0.2, 0) is 16.0 Å². The van der Waals surface area contributed by atoms with Crippen LogP contribution in [0.4, 0.5) is 10.5 Å². The fourth-order valence-electron chi connectivity index (χ4n) is 5.83. The molecule has 40 heavy (non-hydrogen) atoms. The molecule has 0 radical (unpaired) electrons. The van der Waals surface area contributed by atoms with Crippen molar-refractivity contribution in [2.24, 2.45) is 0 Å². The van der Waals surface area contributed by atoms with Gasteiger partial charge in [-0.3, -0.25) is 14.5 Å². The number of hydrogen-bond donors (Lipinski definition) is 2. The Morgan fingerprint density at radius 1 is 1.02 bits per heavy atom. The van der Waals surface area contributed by atoms with Crippen LogP contribution in [0.15, 0.2) is 72.8 Å². The summed E-state index contributed by atoms with van der Waals surface area (Å²) in [6.07, 6.45) is 1.02. The zero-order valence-electron chi connectivity index (χ0n) is 22.3. The second-order valence-electron chi connectivity index (χ2n) is 9.94. The zero-order valence-corrected chi connectivity index (χ0v) is 22.3. The Morgan fingerprint density at radius 2 is 1.82 bits per heavy atom. The number of fused-ring (bicyclic) bond motifs is 4. The first-order valence-corrected chi connectivity index (χ1v) is 13.3. The summed E-state index contributed by atoms with van der Waals surface area (Å²) in [5, 5.41) is 3.89. The van der Waals surface area contributed by atoms with E-state index < -0.39 is 18.1 Å². The van der Waals surface area contributed by atoms with Gasteiger partial charge in [0.25, 0.3) is 11.8 Å². The monoisotopic (exact) mass is 538 g/mol. The molecule has 2 aliphatic rings. The van der Waals surface area contributed by atoms with Crippen LogP contribution >= 0.6 is 0 Å². The van der Waals surface area contributed by atoms with E-state index >= 15 is 0 Å². The van der Waals surface area contributed by atoms with Crippen LogP contribution in [0.25, 0.3) is 10.9 Å². The molecule has 6 rings (SSSR count). The van der Waals surface area contributed by atoms with Crippen molar-refractivity contribution in [3.8, 4) is 5.75 Å². The molecule has 2 atom stereocenters. The highest BCUT2D eigenvalue weighted by atomic mass is 16.5. The number of methoxy groups -OCH3 is 2. The molecule has 2 N–H and O–H groups in total. The van der Waals surface area contributed by atoms with E-state index in [0.29, 0.717) is 31.7 Å². The SMILES string of the molecule is COCCCNC(=O)c1ccccc1N1C(=O)C2Cc3c([nH]c4ccccc34)C(c3cccc(OC)c3)N2C1=O. The molecular weight excluding hydrogens is 508 g/mol. The quantitative estimate of drug-likeness (QED) is 0.255. The third-order valence-electron chi connectivity index (χ3n) is 7.66. The van der Waals surface area contributed by atoms with E-state index in [1.165, 1.54) is 0 Å². The lowest BCUT2D eigenvalue weighted by Gasteiger charge is -2.36. The molecule has 4 amide bonds. The number of carbonyl (C=O) groups is 3. The van der Waals surface area contributed by atoms with Gasteiger partial charge in [-0.1, -0.05) is 42.5 Å². The number of hydrogen-bond acceptors (Lipinski definition) is 5. The highest BCUT2D eigenvalue weighted by Crippen LogP contribution is 2.45. The molecule has 4 aromatic rings. The van der Waals surface area contributed by atoms with Crippen molar-refractivity contribution < 1.29 is 23.9 Å². The highest BCUT2D eigenvalue weighted by molar-refractivity contribution is 6.24. The van der Waals surface area contributed by atoms with Gasteiger partial charge in [0.1, 0.15) is 17.8 Å². The number of benzene rings is 3. The lowest BCUT2D eigenvalue weighted by atomic mass is 9.89. The normalized spacial score (nSPS) is 18.1. The molecule has 2 aliphatic heterocycles. The Kier molecular flexibility index (Phi) is 6.73. The van der Waals surface area contributed by atoms with E-state index in [1.54, 1.807) is 43.4 Å². The van der Waals surface area contributed by atoms with E-state index in [4.69, 9.17) is 9.47 Å². The zero-order chi connectivity index (χ0) is 27.8. The Morgan fingerprint density at radius 3 is 2.65 bits per heavy atom. The third kappa shape index (κ3) is 4.19. The molecule has 1 aromatic heterocycles. The predicted molar refractivity (Wildman–Crippen MR) is 151 cm³/mol. The van der Waals surface area contributed by atoms with Gasteiger partial charge in [0, 0.05) is 43.3 Å². The van der Waals surface area contributed by atoms with Crippen molar-refractivity contribution in [3.63, 3.8) is 0 Å². The number of H-pyrrole nitrogens is 1. The van der Waals surface area contributed by atoms with Crippen molar-refractivity contribution >= 4 is 34.4 Å². The van der Waals surface area contributed by atoms with Crippen molar-refractivity contribution in [2.75, 3.05) is 32.3 Å². The van der Waals surface area contributed by atoms with Gasteiger partial charge >= 0.3 is 6.03 Å². The minimum atomic E-state index is -0.728. The number of aromatic nitrogens is 1. The van der Waals surface area contributed by atoms with E-state index in [1.807, 2.05) is 48.5 Å². The molecule has 1 saturated heterocycles. The maximum absolute atomic E-state index is 14.2. The summed E-state index contributed by atoms with van der Waals surface area (Å²) in [6, 6.07) is 20.5. The number of urea groups is 1. The fourth-order valence-corrected chi connectivity index (χ4v) is 5.83. The number of carbonyl (C=O) groups excluding carboxylic acids is 3. The molecule has 0 bridgehead atoms. The highest BCUT2D eigenvalue weighted by Gasteiger charge is 2.53. The molecule has 9 heteroatoms. The number of amides is 4. The van der Waals surface area contributed by atoms with Gasteiger partial charge in [-0.15, -0.1) is 0 Å². The molecule has 9 nitrogen and oxygen atoms in total. The molecule has 3 aromatic carbocycles. The summed E-state index contributed by atoms with van der Waals surface area (Å²) in [5.74, 6) is -0.0474. The van der Waals surface area contributed by atoms with Crippen LogP contribution in [0.3, 0.4) is 0 Å². The maximum Gasteiger partial charge on any atom is 0.332 e.